The maximum Gasteiger partial charge on any atom is 0.128 e. The Balaban J connectivity index is 2.55. The molecule has 1 N–H and O–H groups in total. The maximum absolute atomic E-state index is 13.5. The van der Waals surface area contributed by atoms with Gasteiger partial charge in [0, 0.05) is 18.2 Å². The molecule has 18 heavy (non-hydrogen) atoms. The highest BCUT2D eigenvalue weighted by molar-refractivity contribution is 5.19. The fourth-order valence-electron chi connectivity index (χ4n) is 2.14. The number of aliphatic hydroxyl groups is 1. The smallest absolute Gasteiger partial charge is 0.128 e. The molecule has 0 spiro atoms. The predicted molar refractivity (Wildman–Crippen MR) is 73.0 cm³/mol. The third kappa shape index (κ3) is 4.07. The van der Waals surface area contributed by atoms with Gasteiger partial charge in [-0.2, -0.15) is 0 Å². The molecule has 0 amide bonds. The van der Waals surface area contributed by atoms with Crippen molar-refractivity contribution in [1.29, 1.82) is 0 Å². The number of nitrogens with zero attached hydrogens (tertiary/aromatic N) is 1. The van der Waals surface area contributed by atoms with Crippen molar-refractivity contribution >= 4 is 0 Å². The van der Waals surface area contributed by atoms with Gasteiger partial charge in [0.25, 0.3) is 0 Å². The van der Waals surface area contributed by atoms with Gasteiger partial charge in [0.2, 0.25) is 0 Å². The van der Waals surface area contributed by atoms with E-state index in [4.69, 9.17) is 0 Å². The fraction of sp³-hybridized carbons (Fsp3) is 0.600. The van der Waals surface area contributed by atoms with Crippen molar-refractivity contribution in [2.24, 2.45) is 0 Å². The molecule has 0 saturated heterocycles. The van der Waals surface area contributed by atoms with Gasteiger partial charge in [0.05, 0.1) is 6.10 Å². The summed E-state index contributed by atoms with van der Waals surface area (Å²) in [5.41, 5.74) is 0.401. The van der Waals surface area contributed by atoms with Gasteiger partial charge in [-0.05, 0) is 32.4 Å². The van der Waals surface area contributed by atoms with Crippen LogP contribution in [0.5, 0.6) is 0 Å². The molecule has 0 bridgehead atoms. The van der Waals surface area contributed by atoms with Crippen molar-refractivity contribution in [3.63, 3.8) is 0 Å². The molecular formula is C15H24FNO. The van der Waals surface area contributed by atoms with Gasteiger partial charge in [0.15, 0.2) is 0 Å². The Hall–Kier alpha value is -0.930. The summed E-state index contributed by atoms with van der Waals surface area (Å²) >= 11 is 0. The lowest BCUT2D eigenvalue weighted by Gasteiger charge is -2.27. The third-order valence-electron chi connectivity index (χ3n) is 3.57. The molecule has 2 nitrogen and oxygen atoms in total. The first kappa shape index (κ1) is 15.1. The highest BCUT2D eigenvalue weighted by Gasteiger charge is 2.15. The minimum Gasteiger partial charge on any atom is -0.388 e. The van der Waals surface area contributed by atoms with E-state index < -0.39 is 6.10 Å². The molecule has 0 heterocycles. The number of rotatable bonds is 7. The first-order valence-electron chi connectivity index (χ1n) is 6.76. The fourth-order valence-corrected chi connectivity index (χ4v) is 2.14. The highest BCUT2D eigenvalue weighted by Crippen LogP contribution is 2.20. The normalized spacial score (nSPS) is 14.8. The molecule has 1 aromatic carbocycles. The average Bonchev–Trinajstić information content (AvgIpc) is 2.39. The Morgan fingerprint density at radius 1 is 1.28 bits per heavy atom. The standard InChI is InChI=1S/C15H24FNO/c1-4-12(3)17(5-2)11-10-15(18)13-8-6-7-9-14(13)16/h6-9,12,15,18H,4-5,10-11H2,1-3H3. The molecule has 0 aliphatic carbocycles. The predicted octanol–water partition coefficient (Wildman–Crippen LogP) is 3.37. The van der Waals surface area contributed by atoms with Crippen LogP contribution in [0.25, 0.3) is 0 Å². The van der Waals surface area contributed by atoms with E-state index in [9.17, 15) is 9.50 Å². The van der Waals surface area contributed by atoms with E-state index in [0.29, 0.717) is 18.0 Å². The van der Waals surface area contributed by atoms with E-state index >= 15 is 0 Å². The summed E-state index contributed by atoms with van der Waals surface area (Å²) in [6, 6.07) is 6.95. The molecule has 2 atom stereocenters. The van der Waals surface area contributed by atoms with Crippen molar-refractivity contribution < 1.29 is 9.50 Å². The van der Waals surface area contributed by atoms with Crippen molar-refractivity contribution in [2.45, 2.75) is 45.8 Å². The number of hydrogen-bond acceptors (Lipinski definition) is 2. The first-order valence-corrected chi connectivity index (χ1v) is 6.76. The molecule has 0 aromatic heterocycles. The molecule has 0 fully saturated rings. The molecular weight excluding hydrogens is 229 g/mol. The Bertz CT molecular complexity index is 356. The Morgan fingerprint density at radius 3 is 2.50 bits per heavy atom. The van der Waals surface area contributed by atoms with E-state index in [1.54, 1.807) is 18.2 Å². The lowest BCUT2D eigenvalue weighted by atomic mass is 10.1. The lowest BCUT2D eigenvalue weighted by molar-refractivity contribution is 0.125. The third-order valence-corrected chi connectivity index (χ3v) is 3.57. The van der Waals surface area contributed by atoms with Crippen LogP contribution in [0.1, 0.15) is 45.3 Å². The quantitative estimate of drug-likeness (QED) is 0.805. The Labute approximate surface area is 109 Å². The van der Waals surface area contributed by atoms with Crippen LogP contribution >= 0.6 is 0 Å². The van der Waals surface area contributed by atoms with Crippen LogP contribution in [0.15, 0.2) is 24.3 Å². The maximum atomic E-state index is 13.5. The molecule has 1 aromatic rings. The topological polar surface area (TPSA) is 23.5 Å². The molecule has 2 unspecified atom stereocenters. The largest absolute Gasteiger partial charge is 0.388 e. The summed E-state index contributed by atoms with van der Waals surface area (Å²) in [5, 5.41) is 10.0. The van der Waals surface area contributed by atoms with Gasteiger partial charge in [-0.1, -0.05) is 32.0 Å². The number of halogens is 1. The zero-order chi connectivity index (χ0) is 13.5. The van der Waals surface area contributed by atoms with Crippen LogP contribution in [-0.4, -0.2) is 29.1 Å². The summed E-state index contributed by atoms with van der Waals surface area (Å²) in [5.74, 6) is -0.323. The Morgan fingerprint density at radius 2 is 1.94 bits per heavy atom. The number of aliphatic hydroxyl groups excluding tert-OH is 1. The Kier molecular flexibility index (Phi) is 6.30. The molecule has 3 heteroatoms. The average molecular weight is 253 g/mol. The van der Waals surface area contributed by atoms with Gasteiger partial charge < -0.3 is 10.0 Å². The first-order chi connectivity index (χ1) is 8.60. The van der Waals surface area contributed by atoms with Crippen LogP contribution in [0.3, 0.4) is 0 Å². The van der Waals surface area contributed by atoms with E-state index in [1.807, 2.05) is 0 Å². The summed E-state index contributed by atoms with van der Waals surface area (Å²) in [4.78, 5) is 2.31. The van der Waals surface area contributed by atoms with Crippen LogP contribution in [0, 0.1) is 5.82 Å². The molecule has 0 aliphatic rings. The minimum absolute atomic E-state index is 0.323. The van der Waals surface area contributed by atoms with E-state index in [-0.39, 0.29) is 5.82 Å². The van der Waals surface area contributed by atoms with Crippen LogP contribution in [-0.2, 0) is 0 Å². The van der Waals surface area contributed by atoms with Crippen LogP contribution < -0.4 is 0 Å². The monoisotopic (exact) mass is 253 g/mol. The molecule has 0 saturated carbocycles. The zero-order valence-corrected chi connectivity index (χ0v) is 11.6. The van der Waals surface area contributed by atoms with Gasteiger partial charge in [-0.25, -0.2) is 4.39 Å². The second-order valence-corrected chi connectivity index (χ2v) is 4.71. The molecule has 1 rings (SSSR count). The van der Waals surface area contributed by atoms with Crippen molar-refractivity contribution in [2.75, 3.05) is 13.1 Å². The summed E-state index contributed by atoms with van der Waals surface area (Å²) in [6.45, 7) is 8.20. The van der Waals surface area contributed by atoms with E-state index in [2.05, 4.69) is 25.7 Å². The summed E-state index contributed by atoms with van der Waals surface area (Å²) in [6.07, 6.45) is 0.937. The van der Waals surface area contributed by atoms with Crippen molar-refractivity contribution in [3.05, 3.63) is 35.6 Å². The SMILES string of the molecule is CCC(C)N(CC)CCC(O)c1ccccc1F. The van der Waals surface area contributed by atoms with Gasteiger partial charge in [-0.3, -0.25) is 0 Å². The van der Waals surface area contributed by atoms with Gasteiger partial charge in [0.1, 0.15) is 5.82 Å². The second-order valence-electron chi connectivity index (χ2n) is 4.71. The number of benzene rings is 1. The summed E-state index contributed by atoms with van der Waals surface area (Å²) < 4.78 is 13.5. The summed E-state index contributed by atoms with van der Waals surface area (Å²) in [7, 11) is 0. The molecule has 102 valence electrons. The highest BCUT2D eigenvalue weighted by atomic mass is 19.1. The number of hydrogen-bond donors (Lipinski definition) is 1. The van der Waals surface area contributed by atoms with Crippen LogP contribution in [0.2, 0.25) is 0 Å². The zero-order valence-electron chi connectivity index (χ0n) is 11.6. The van der Waals surface area contributed by atoms with Crippen molar-refractivity contribution in [1.82, 2.24) is 4.90 Å². The van der Waals surface area contributed by atoms with E-state index in [1.165, 1.54) is 6.07 Å². The van der Waals surface area contributed by atoms with Gasteiger partial charge in [-0.15, -0.1) is 0 Å². The lowest BCUT2D eigenvalue weighted by Crippen LogP contribution is -2.34. The second kappa shape index (κ2) is 7.49. The minimum atomic E-state index is -0.718. The van der Waals surface area contributed by atoms with Crippen molar-refractivity contribution in [3.8, 4) is 0 Å². The van der Waals surface area contributed by atoms with Crippen LogP contribution in [0.4, 0.5) is 4.39 Å². The van der Waals surface area contributed by atoms with Gasteiger partial charge >= 0.3 is 0 Å². The molecule has 0 radical (unpaired) electrons. The molecule has 0 aliphatic heterocycles. The van der Waals surface area contributed by atoms with E-state index in [0.717, 1.165) is 19.5 Å².